The van der Waals surface area contributed by atoms with Gasteiger partial charge in [-0.1, -0.05) is 0 Å². The molecule has 0 saturated carbocycles. The zero-order chi connectivity index (χ0) is 8.12. The minimum atomic E-state index is 0. The molecular formula is BN3O6. The number of hydrogen-bond acceptors (Lipinski definition) is 9. The minimum absolute atomic E-state index is 0. The maximum atomic E-state index is 8.00. The summed E-state index contributed by atoms with van der Waals surface area (Å²) in [5, 5.41) is 27.0. The fourth-order valence-corrected chi connectivity index (χ4v) is 0. The fourth-order valence-electron chi connectivity index (χ4n) is 0. The Kier molecular flexibility index (Phi) is 427. The van der Waals surface area contributed by atoms with Gasteiger partial charge in [-0.15, -0.1) is 16.0 Å². The van der Waals surface area contributed by atoms with Gasteiger partial charge in [-0.05, 0) is 0 Å². The Morgan fingerprint density at radius 1 is 0.700 bits per heavy atom. The van der Waals surface area contributed by atoms with Crippen molar-refractivity contribution < 1.29 is 0 Å². The van der Waals surface area contributed by atoms with Gasteiger partial charge in [0.1, 0.15) is 0 Å². The van der Waals surface area contributed by atoms with E-state index in [1.54, 1.807) is 0 Å². The van der Waals surface area contributed by atoms with Gasteiger partial charge in [-0.2, -0.15) is 0 Å². The molecule has 0 heterocycles. The molecule has 0 radical (unpaired) electrons. The molecule has 0 aliphatic rings. The van der Waals surface area contributed by atoms with Crippen LogP contribution in [0.1, 0.15) is 0 Å². The summed E-state index contributed by atoms with van der Waals surface area (Å²) in [7, 11) is 0. The second kappa shape index (κ2) is 178. The topological polar surface area (TPSA) is 157 Å². The first-order chi connectivity index (χ1) is 4.24. The molecule has 0 aromatic carbocycles. The van der Waals surface area contributed by atoms with Gasteiger partial charge in [0.25, 0.3) is 0 Å². The van der Waals surface area contributed by atoms with Gasteiger partial charge in [0.05, 0.1) is 0 Å². The van der Waals surface area contributed by atoms with Crippen LogP contribution < -0.4 is 0 Å². The van der Waals surface area contributed by atoms with E-state index in [2.05, 4.69) is 0 Å². The van der Waals surface area contributed by atoms with Crippen molar-refractivity contribution in [2.24, 2.45) is 16.0 Å². The largest absolute Gasteiger partial charge is 3.00 e. The number of rotatable bonds is 0. The standard InChI is InChI=1S/B.3HNO2/c;3*2-1-3/h;3*(H,2,3)/q+3;;;/p-3. The van der Waals surface area contributed by atoms with Gasteiger partial charge in [0, 0.05) is 0 Å². The maximum absolute atomic E-state index is 8.00. The molecule has 54 valence electrons. The molecule has 0 amide bonds. The van der Waals surface area contributed by atoms with Crippen molar-refractivity contribution in [3.63, 3.8) is 0 Å². The van der Waals surface area contributed by atoms with Gasteiger partial charge in [0.2, 0.25) is 0 Å². The molecule has 0 N–H and O–H groups in total. The van der Waals surface area contributed by atoms with Crippen LogP contribution in [0.15, 0.2) is 16.0 Å². The van der Waals surface area contributed by atoms with Crippen LogP contribution in [0.5, 0.6) is 0 Å². The third-order valence-corrected chi connectivity index (χ3v) is 0. The fraction of sp³-hybridized carbons (Fsp3) is 0. The predicted octanol–water partition coefficient (Wildman–Crippen LogP) is 0.371. The van der Waals surface area contributed by atoms with Crippen LogP contribution in [-0.4, -0.2) is 8.41 Å². The molecule has 0 aliphatic carbocycles. The second-order valence-corrected chi connectivity index (χ2v) is 0.224. The summed E-state index contributed by atoms with van der Waals surface area (Å²) in [6.45, 7) is 0. The van der Waals surface area contributed by atoms with Crippen molar-refractivity contribution in [3.05, 3.63) is 30.3 Å². The van der Waals surface area contributed by atoms with Crippen molar-refractivity contribution >= 4 is 8.41 Å². The Balaban J connectivity index is -0.0000000257. The molecule has 0 rings (SSSR count). The van der Waals surface area contributed by atoms with Crippen LogP contribution >= 0.6 is 0 Å². The monoisotopic (exact) mass is 149 g/mol. The number of nitrogens with zero attached hydrogens (tertiary/aromatic N) is 3. The van der Waals surface area contributed by atoms with Crippen LogP contribution in [0.25, 0.3) is 0 Å². The average molecular weight is 149 g/mol. The summed E-state index contributed by atoms with van der Waals surface area (Å²) in [4.78, 5) is 24.0. The second-order valence-electron chi connectivity index (χ2n) is 0.224. The van der Waals surface area contributed by atoms with Crippen LogP contribution in [-0.2, 0) is 0 Å². The summed E-state index contributed by atoms with van der Waals surface area (Å²) in [5.41, 5.74) is 0. The van der Waals surface area contributed by atoms with Crippen molar-refractivity contribution in [3.8, 4) is 0 Å². The van der Waals surface area contributed by atoms with E-state index in [-0.39, 0.29) is 8.41 Å². The third kappa shape index (κ3) is 57.7. The van der Waals surface area contributed by atoms with E-state index in [9.17, 15) is 0 Å². The zero-order valence-electron chi connectivity index (χ0n) is 4.37. The first-order valence-corrected chi connectivity index (χ1v) is 1.10. The molecule has 10 heavy (non-hydrogen) atoms. The Morgan fingerprint density at radius 2 is 0.700 bits per heavy atom. The molecule has 0 aromatic heterocycles. The molecule has 0 atom stereocenters. The van der Waals surface area contributed by atoms with Crippen molar-refractivity contribution in [1.29, 1.82) is 0 Å². The van der Waals surface area contributed by atoms with E-state index in [1.807, 2.05) is 0 Å². The van der Waals surface area contributed by atoms with Crippen molar-refractivity contribution in [2.45, 2.75) is 0 Å². The van der Waals surface area contributed by atoms with Gasteiger partial charge < -0.3 is 30.3 Å². The van der Waals surface area contributed by atoms with Crippen LogP contribution in [0.2, 0.25) is 0 Å². The van der Waals surface area contributed by atoms with E-state index in [0.29, 0.717) is 0 Å². The van der Waals surface area contributed by atoms with Crippen molar-refractivity contribution in [1.82, 2.24) is 0 Å². The summed E-state index contributed by atoms with van der Waals surface area (Å²) >= 11 is 0. The summed E-state index contributed by atoms with van der Waals surface area (Å²) in [6.07, 6.45) is 0. The Labute approximate surface area is 56.0 Å². The Hall–Kier alpha value is -1.74. The molecule has 10 heteroatoms. The van der Waals surface area contributed by atoms with Crippen molar-refractivity contribution in [2.75, 3.05) is 0 Å². The molecule has 9 nitrogen and oxygen atoms in total. The van der Waals surface area contributed by atoms with Crippen LogP contribution in [0.4, 0.5) is 0 Å². The molecule has 0 unspecified atom stereocenters. The third-order valence-electron chi connectivity index (χ3n) is 0. The minimum Gasteiger partial charge on any atom is -0.444 e. The van der Waals surface area contributed by atoms with Gasteiger partial charge in [0.15, 0.2) is 0 Å². The smallest absolute Gasteiger partial charge is 0.444 e. The van der Waals surface area contributed by atoms with Gasteiger partial charge in [-0.3, -0.25) is 0 Å². The summed E-state index contributed by atoms with van der Waals surface area (Å²) in [6, 6.07) is 0. The first kappa shape index (κ1) is 24.0. The Bertz CT molecular complexity index is 49.7. The first-order valence-electron chi connectivity index (χ1n) is 1.10. The summed E-state index contributed by atoms with van der Waals surface area (Å²) in [5.74, 6) is 0. The molecule has 0 aromatic rings. The normalized spacial score (nSPS) is 3.60. The number of hydrogen-bond donors (Lipinski definition) is 0. The molecule has 0 bridgehead atoms. The van der Waals surface area contributed by atoms with E-state index >= 15 is 0 Å². The van der Waals surface area contributed by atoms with Crippen LogP contribution in [0.3, 0.4) is 0 Å². The molecule has 0 aliphatic heterocycles. The van der Waals surface area contributed by atoms with E-state index in [1.165, 1.54) is 0 Å². The van der Waals surface area contributed by atoms with E-state index in [4.69, 9.17) is 30.3 Å². The van der Waals surface area contributed by atoms with E-state index in [0.717, 1.165) is 16.0 Å². The predicted molar refractivity (Wildman–Crippen MR) is 33.2 cm³/mol. The van der Waals surface area contributed by atoms with E-state index < -0.39 is 0 Å². The van der Waals surface area contributed by atoms with Crippen LogP contribution in [0, 0.1) is 30.3 Å². The zero-order valence-corrected chi connectivity index (χ0v) is 4.37. The van der Waals surface area contributed by atoms with Gasteiger partial charge in [-0.25, -0.2) is 0 Å². The molecular weight excluding hydrogens is 149 g/mol. The molecule has 0 spiro atoms. The summed E-state index contributed by atoms with van der Waals surface area (Å²) < 4.78 is 0. The maximum Gasteiger partial charge on any atom is 3.00 e. The molecule has 0 saturated heterocycles. The Morgan fingerprint density at radius 3 is 0.700 bits per heavy atom. The molecule has 0 fully saturated rings. The quantitative estimate of drug-likeness (QED) is 0.274. The van der Waals surface area contributed by atoms with Gasteiger partial charge >= 0.3 is 8.41 Å². The average Bonchev–Trinajstić information content (AvgIpc) is 1.70. The SMILES string of the molecule is O=N[O-].O=N[O-].O=N[O-].[B+3].